The molecule has 0 aliphatic carbocycles. The Morgan fingerprint density at radius 3 is 0.935 bits per heavy atom. The van der Waals surface area contributed by atoms with E-state index in [0.717, 1.165) is 44.9 Å². The third kappa shape index (κ3) is 63.4. The molecule has 0 aliphatic heterocycles. The number of amides is 1. The molecule has 0 aliphatic rings. The first-order valence-electron chi connectivity index (χ1n) is 35.1. The Kier molecular flexibility index (Phi) is 65.4. The number of ether oxygens (including phenoxy) is 1. The largest absolute Gasteiger partial charge is 0.466 e. The van der Waals surface area contributed by atoms with Crippen LogP contribution in [0.15, 0.2) is 24.3 Å². The van der Waals surface area contributed by atoms with Crippen molar-refractivity contribution in [1.29, 1.82) is 0 Å². The molecule has 6 nitrogen and oxygen atoms in total. The number of nitrogens with one attached hydrogen (secondary N) is 1. The van der Waals surface area contributed by atoms with Gasteiger partial charge in [-0.25, -0.2) is 0 Å². The molecule has 0 radical (unpaired) electrons. The van der Waals surface area contributed by atoms with Crippen LogP contribution in [0.25, 0.3) is 0 Å². The van der Waals surface area contributed by atoms with Crippen LogP contribution in [0.4, 0.5) is 0 Å². The van der Waals surface area contributed by atoms with Crippen molar-refractivity contribution in [2.24, 2.45) is 0 Å². The van der Waals surface area contributed by atoms with Gasteiger partial charge in [0.1, 0.15) is 0 Å². The van der Waals surface area contributed by atoms with Crippen molar-refractivity contribution in [2.75, 3.05) is 13.2 Å². The summed E-state index contributed by atoms with van der Waals surface area (Å²) in [4.78, 5) is 24.5. The van der Waals surface area contributed by atoms with Crippen molar-refractivity contribution in [2.45, 2.75) is 405 Å². The molecule has 0 aromatic heterocycles. The topological polar surface area (TPSA) is 95.9 Å². The summed E-state index contributed by atoms with van der Waals surface area (Å²) < 4.78 is 5.48. The lowest BCUT2D eigenvalue weighted by atomic mass is 10.0. The van der Waals surface area contributed by atoms with Gasteiger partial charge in [0.15, 0.2) is 0 Å². The van der Waals surface area contributed by atoms with Gasteiger partial charge in [-0.3, -0.25) is 9.59 Å². The SMILES string of the molecule is CCCCCC/C=C\CCCCCCCC(=O)OCCCCCCCCCCCCCCCCCCCCCCCCCCCCCCCCCC(=O)NC(CO)C(O)/C=C/CCCCCCCCCCCCCCCC. The molecule has 0 aromatic rings. The summed E-state index contributed by atoms with van der Waals surface area (Å²) in [5.41, 5.74) is 0. The summed E-state index contributed by atoms with van der Waals surface area (Å²) in [6.45, 7) is 4.92. The standard InChI is InChI=1S/C71H137NO5/c1-3-5-7-9-11-13-15-17-18-36-40-43-47-51-55-59-63-69(74)68(67-73)72-70(75)64-60-56-52-48-44-41-37-34-32-30-28-26-24-22-20-19-21-23-25-27-29-31-33-35-38-42-46-50-54-58-62-66-77-71(76)65-61-57-53-49-45-39-16-14-12-10-8-6-4-2/h14,16,59,63,68-69,73-74H,3-13,15,17-58,60-62,64-67H2,1-2H3,(H,72,75)/b16-14-,63-59+. The quantitative estimate of drug-likeness (QED) is 0.0320. The Labute approximate surface area is 481 Å². The summed E-state index contributed by atoms with van der Waals surface area (Å²) in [6.07, 6.45) is 84.1. The highest BCUT2D eigenvalue weighted by atomic mass is 16.5. The lowest BCUT2D eigenvalue weighted by Crippen LogP contribution is -2.45. The van der Waals surface area contributed by atoms with Crippen LogP contribution >= 0.6 is 0 Å². The van der Waals surface area contributed by atoms with Gasteiger partial charge in [0.2, 0.25) is 5.91 Å². The molecule has 0 aromatic carbocycles. The zero-order chi connectivity index (χ0) is 55.7. The van der Waals surface area contributed by atoms with Crippen LogP contribution in [0.2, 0.25) is 0 Å². The molecule has 1 amide bonds. The van der Waals surface area contributed by atoms with Crippen molar-refractivity contribution >= 4 is 11.9 Å². The molecule has 2 unspecified atom stereocenters. The Hall–Kier alpha value is -1.66. The normalized spacial score (nSPS) is 12.6. The lowest BCUT2D eigenvalue weighted by Gasteiger charge is -2.20. The zero-order valence-corrected chi connectivity index (χ0v) is 52.2. The summed E-state index contributed by atoms with van der Waals surface area (Å²) >= 11 is 0. The third-order valence-electron chi connectivity index (χ3n) is 16.5. The molecule has 77 heavy (non-hydrogen) atoms. The molecular formula is C71H137NO5. The highest BCUT2D eigenvalue weighted by Crippen LogP contribution is 2.19. The monoisotopic (exact) mass is 1080 g/mol. The highest BCUT2D eigenvalue weighted by molar-refractivity contribution is 5.76. The number of carbonyl (C=O) groups is 2. The molecule has 3 N–H and O–H groups in total. The minimum atomic E-state index is -0.841. The zero-order valence-electron chi connectivity index (χ0n) is 52.2. The molecule has 0 heterocycles. The van der Waals surface area contributed by atoms with Crippen LogP contribution in [0.1, 0.15) is 393 Å². The maximum absolute atomic E-state index is 12.5. The van der Waals surface area contributed by atoms with E-state index in [4.69, 9.17) is 4.74 Å². The average Bonchev–Trinajstić information content (AvgIpc) is 3.43. The second-order valence-electron chi connectivity index (χ2n) is 24.2. The van der Waals surface area contributed by atoms with E-state index in [1.807, 2.05) is 6.08 Å². The van der Waals surface area contributed by atoms with Gasteiger partial charge in [-0.2, -0.15) is 0 Å². The van der Waals surface area contributed by atoms with Crippen LogP contribution in [0.5, 0.6) is 0 Å². The smallest absolute Gasteiger partial charge is 0.305 e. The maximum Gasteiger partial charge on any atom is 0.305 e. The molecule has 0 spiro atoms. The van der Waals surface area contributed by atoms with E-state index in [9.17, 15) is 19.8 Å². The summed E-state index contributed by atoms with van der Waals surface area (Å²) in [7, 11) is 0. The van der Waals surface area contributed by atoms with Gasteiger partial charge in [0.25, 0.3) is 0 Å². The van der Waals surface area contributed by atoms with Crippen LogP contribution in [0.3, 0.4) is 0 Å². The molecule has 0 rings (SSSR count). The first kappa shape index (κ1) is 75.3. The second kappa shape index (κ2) is 66.8. The van der Waals surface area contributed by atoms with E-state index < -0.39 is 12.1 Å². The van der Waals surface area contributed by atoms with Gasteiger partial charge in [-0.15, -0.1) is 0 Å². The molecule has 0 saturated carbocycles. The van der Waals surface area contributed by atoms with E-state index in [1.165, 1.54) is 321 Å². The molecule has 456 valence electrons. The number of aliphatic hydroxyl groups excluding tert-OH is 2. The number of aliphatic hydroxyl groups is 2. The van der Waals surface area contributed by atoms with Crippen molar-refractivity contribution in [3.05, 3.63) is 24.3 Å². The van der Waals surface area contributed by atoms with Crippen molar-refractivity contribution in [1.82, 2.24) is 5.32 Å². The number of esters is 1. The fourth-order valence-corrected chi connectivity index (χ4v) is 11.1. The summed E-state index contributed by atoms with van der Waals surface area (Å²) in [5.74, 6) is -0.0493. The minimum Gasteiger partial charge on any atom is -0.466 e. The predicted molar refractivity (Wildman–Crippen MR) is 338 cm³/mol. The molecule has 0 bridgehead atoms. The first-order chi connectivity index (χ1) is 38.0. The summed E-state index contributed by atoms with van der Waals surface area (Å²) in [5, 5.41) is 23.2. The second-order valence-corrected chi connectivity index (χ2v) is 24.2. The van der Waals surface area contributed by atoms with Crippen molar-refractivity contribution in [3.63, 3.8) is 0 Å². The maximum atomic E-state index is 12.5. The van der Waals surface area contributed by atoms with E-state index >= 15 is 0 Å². The van der Waals surface area contributed by atoms with Gasteiger partial charge in [0, 0.05) is 12.8 Å². The number of unbranched alkanes of at least 4 members (excludes halogenated alkanes) is 53. The molecular weight excluding hydrogens is 947 g/mol. The molecule has 0 saturated heterocycles. The average molecular weight is 1080 g/mol. The third-order valence-corrected chi connectivity index (χ3v) is 16.5. The number of hydrogen-bond acceptors (Lipinski definition) is 5. The van der Waals surface area contributed by atoms with Crippen molar-refractivity contribution < 1.29 is 24.5 Å². The van der Waals surface area contributed by atoms with Crippen LogP contribution < -0.4 is 5.32 Å². The van der Waals surface area contributed by atoms with Gasteiger partial charge < -0.3 is 20.3 Å². The van der Waals surface area contributed by atoms with Crippen LogP contribution in [-0.4, -0.2) is 47.4 Å². The predicted octanol–water partition coefficient (Wildman–Crippen LogP) is 22.5. The van der Waals surface area contributed by atoms with Crippen molar-refractivity contribution in [3.8, 4) is 0 Å². The molecule has 6 heteroatoms. The van der Waals surface area contributed by atoms with Crippen LogP contribution in [-0.2, 0) is 14.3 Å². The van der Waals surface area contributed by atoms with Gasteiger partial charge in [-0.1, -0.05) is 346 Å². The Bertz CT molecular complexity index is 1200. The van der Waals surface area contributed by atoms with E-state index in [2.05, 4.69) is 31.3 Å². The molecule has 0 fully saturated rings. The van der Waals surface area contributed by atoms with Gasteiger partial charge in [0.05, 0.1) is 25.4 Å². The fourth-order valence-electron chi connectivity index (χ4n) is 11.1. The molecule has 2 atom stereocenters. The number of carbonyl (C=O) groups excluding carboxylic acids is 2. The minimum absolute atomic E-state index is 0.0116. The van der Waals surface area contributed by atoms with Gasteiger partial charge in [-0.05, 0) is 57.8 Å². The summed E-state index contributed by atoms with van der Waals surface area (Å²) in [6, 6.07) is -0.624. The van der Waals surface area contributed by atoms with Crippen LogP contribution in [0, 0.1) is 0 Å². The van der Waals surface area contributed by atoms with Gasteiger partial charge >= 0.3 is 5.97 Å². The number of hydrogen-bond donors (Lipinski definition) is 3. The van der Waals surface area contributed by atoms with E-state index in [0.29, 0.717) is 19.4 Å². The first-order valence-corrected chi connectivity index (χ1v) is 35.1. The fraction of sp³-hybridized carbons (Fsp3) is 0.915. The lowest BCUT2D eigenvalue weighted by molar-refractivity contribution is -0.143. The Balaban J connectivity index is 3.34. The highest BCUT2D eigenvalue weighted by Gasteiger charge is 2.18. The number of allylic oxidation sites excluding steroid dienone is 3. The Morgan fingerprint density at radius 1 is 0.351 bits per heavy atom. The number of rotatable bonds is 66. The Morgan fingerprint density at radius 2 is 0.610 bits per heavy atom. The van der Waals surface area contributed by atoms with E-state index in [-0.39, 0.29) is 18.5 Å². The van der Waals surface area contributed by atoms with E-state index in [1.54, 1.807) is 6.08 Å².